The van der Waals surface area contributed by atoms with Crippen molar-refractivity contribution in [3.05, 3.63) is 199 Å². The predicted octanol–water partition coefficient (Wildman–Crippen LogP) is 11.8. The maximum atomic E-state index is 6.90. The Labute approximate surface area is 317 Å². The number of nitrogens with one attached hydrogen (secondary N) is 2. The Bertz CT molecular complexity index is 2950. The maximum Gasteiger partial charge on any atom is 0.194 e. The van der Waals surface area contributed by atoms with E-state index in [0.29, 0.717) is 17.2 Å². The molecule has 0 bridgehead atoms. The van der Waals surface area contributed by atoms with Gasteiger partial charge in [-0.05, 0) is 70.1 Å². The van der Waals surface area contributed by atoms with Gasteiger partial charge in [-0.15, -0.1) is 0 Å². The van der Waals surface area contributed by atoms with Crippen LogP contribution in [0.2, 0.25) is 0 Å². The van der Waals surface area contributed by atoms with Crippen molar-refractivity contribution >= 4 is 38.4 Å². The molecule has 11 rings (SSSR count). The van der Waals surface area contributed by atoms with E-state index < -0.39 is 0 Å². The van der Waals surface area contributed by atoms with Crippen molar-refractivity contribution in [2.75, 3.05) is 0 Å². The lowest BCUT2D eigenvalue weighted by Gasteiger charge is -2.32. The summed E-state index contributed by atoms with van der Waals surface area (Å²) in [6.07, 6.45) is -0.310. The average Bonchev–Trinajstić information content (AvgIpc) is 3.61. The standard InChI is InChI=1S/C49H34N4O2/c1-3-14-32(15-4-1)47-50-48(33-16-5-2-6-17-33)52-49(51-47)36-20-11-18-34(29-36)35-19-12-21-37(30-35)53-41-24-10-9-23-39(41)40-26-28-43-46(44(40)53)55-45-38-22-8-7-13-31(38)25-27-42(45)54-43/h1-30,47-48,50H,(H,51,52). The number of para-hydroxylation sites is 1. The molecule has 0 saturated heterocycles. The van der Waals surface area contributed by atoms with Crippen LogP contribution in [-0.4, -0.2) is 10.4 Å². The predicted molar refractivity (Wildman–Crippen MR) is 221 cm³/mol. The van der Waals surface area contributed by atoms with E-state index in [2.05, 4.69) is 161 Å². The zero-order valence-electron chi connectivity index (χ0n) is 29.7. The molecule has 0 amide bonds. The highest BCUT2D eigenvalue weighted by atomic mass is 16.6. The fourth-order valence-corrected chi connectivity index (χ4v) is 8.08. The van der Waals surface area contributed by atoms with Gasteiger partial charge in [-0.3, -0.25) is 5.32 Å². The molecule has 2 atom stereocenters. The van der Waals surface area contributed by atoms with Crippen molar-refractivity contribution in [1.82, 2.24) is 15.2 Å². The van der Waals surface area contributed by atoms with Crippen molar-refractivity contribution in [2.24, 2.45) is 4.99 Å². The Balaban J connectivity index is 1.02. The molecule has 2 aliphatic rings. The van der Waals surface area contributed by atoms with E-state index in [1.807, 2.05) is 36.4 Å². The summed E-state index contributed by atoms with van der Waals surface area (Å²) >= 11 is 0. The van der Waals surface area contributed by atoms with E-state index in [1.165, 1.54) is 0 Å². The lowest BCUT2D eigenvalue weighted by Crippen LogP contribution is -2.44. The molecule has 2 aliphatic heterocycles. The highest BCUT2D eigenvalue weighted by molar-refractivity contribution is 6.12. The molecule has 0 fully saturated rings. The summed E-state index contributed by atoms with van der Waals surface area (Å²) in [6.45, 7) is 0. The number of nitrogens with zero attached hydrogens (tertiary/aromatic N) is 2. The third-order valence-corrected chi connectivity index (χ3v) is 10.7. The van der Waals surface area contributed by atoms with Gasteiger partial charge in [-0.2, -0.15) is 0 Å². The first-order chi connectivity index (χ1) is 27.2. The van der Waals surface area contributed by atoms with Crippen LogP contribution >= 0.6 is 0 Å². The summed E-state index contributed by atoms with van der Waals surface area (Å²) in [6, 6.07) is 63.3. The van der Waals surface area contributed by atoms with Crippen LogP contribution in [0.15, 0.2) is 187 Å². The van der Waals surface area contributed by atoms with Crippen LogP contribution in [0.1, 0.15) is 29.0 Å². The van der Waals surface area contributed by atoms with Crippen molar-refractivity contribution in [3.8, 4) is 39.8 Å². The SMILES string of the molecule is c1ccc(C2N=C(c3cccc(-c4cccc(-n5c6ccccc6c6ccc7c(c65)Oc5c(ccc6ccccc56)O7)c4)c3)NC(c3ccccc3)N2)cc1. The molecule has 9 aromatic rings. The molecule has 8 aromatic carbocycles. The molecular weight excluding hydrogens is 677 g/mol. The Hall–Kier alpha value is -7.15. The first kappa shape index (κ1) is 31.4. The van der Waals surface area contributed by atoms with Crippen molar-refractivity contribution in [2.45, 2.75) is 12.3 Å². The molecule has 1 aromatic heterocycles. The smallest absolute Gasteiger partial charge is 0.194 e. The van der Waals surface area contributed by atoms with Gasteiger partial charge in [0.1, 0.15) is 23.7 Å². The van der Waals surface area contributed by atoms with Gasteiger partial charge in [-0.1, -0.05) is 140 Å². The molecule has 2 unspecified atom stereocenters. The van der Waals surface area contributed by atoms with Crippen molar-refractivity contribution in [3.63, 3.8) is 0 Å². The van der Waals surface area contributed by atoms with Crippen LogP contribution in [0, 0.1) is 0 Å². The highest BCUT2D eigenvalue weighted by Gasteiger charge is 2.28. The average molecular weight is 711 g/mol. The van der Waals surface area contributed by atoms with Gasteiger partial charge in [0.15, 0.2) is 23.0 Å². The number of hydrogen-bond donors (Lipinski definition) is 2. The van der Waals surface area contributed by atoms with Gasteiger partial charge in [-0.25, -0.2) is 4.99 Å². The summed E-state index contributed by atoms with van der Waals surface area (Å²) in [5.41, 5.74) is 8.57. The van der Waals surface area contributed by atoms with Gasteiger partial charge in [0, 0.05) is 27.4 Å². The van der Waals surface area contributed by atoms with Crippen LogP contribution in [-0.2, 0) is 0 Å². The van der Waals surface area contributed by atoms with Gasteiger partial charge >= 0.3 is 0 Å². The summed E-state index contributed by atoms with van der Waals surface area (Å²) in [5.74, 6) is 3.70. The topological polar surface area (TPSA) is 59.8 Å². The number of amidine groups is 1. The summed E-state index contributed by atoms with van der Waals surface area (Å²) < 4.78 is 15.8. The van der Waals surface area contributed by atoms with E-state index in [1.54, 1.807) is 0 Å². The largest absolute Gasteiger partial charge is 0.449 e. The van der Waals surface area contributed by atoms with E-state index in [9.17, 15) is 0 Å². The normalized spacial score (nSPS) is 16.1. The quantitative estimate of drug-likeness (QED) is 0.187. The van der Waals surface area contributed by atoms with E-state index in [4.69, 9.17) is 14.5 Å². The van der Waals surface area contributed by atoms with E-state index >= 15 is 0 Å². The maximum absolute atomic E-state index is 6.90. The Morgan fingerprint density at radius 2 is 1.16 bits per heavy atom. The molecular formula is C49H34N4O2. The van der Waals surface area contributed by atoms with Crippen LogP contribution in [0.3, 0.4) is 0 Å². The second-order valence-corrected chi connectivity index (χ2v) is 14.0. The van der Waals surface area contributed by atoms with Crippen LogP contribution in [0.5, 0.6) is 23.0 Å². The van der Waals surface area contributed by atoms with Gasteiger partial charge in [0.05, 0.1) is 5.52 Å². The lowest BCUT2D eigenvalue weighted by molar-refractivity contribution is 0.366. The number of aromatic nitrogens is 1. The molecule has 0 radical (unpaired) electrons. The highest BCUT2D eigenvalue weighted by Crippen LogP contribution is 2.53. The number of aliphatic imine (C=N–C) groups is 1. The molecule has 6 heteroatoms. The molecule has 0 spiro atoms. The van der Waals surface area contributed by atoms with E-state index in [-0.39, 0.29) is 12.3 Å². The van der Waals surface area contributed by atoms with Crippen LogP contribution in [0.25, 0.3) is 49.4 Å². The molecule has 0 saturated carbocycles. The van der Waals surface area contributed by atoms with Crippen molar-refractivity contribution < 1.29 is 9.47 Å². The number of ether oxygens (including phenoxy) is 2. The Morgan fingerprint density at radius 1 is 0.491 bits per heavy atom. The zero-order valence-corrected chi connectivity index (χ0v) is 29.7. The zero-order chi connectivity index (χ0) is 36.3. The van der Waals surface area contributed by atoms with Crippen molar-refractivity contribution in [1.29, 1.82) is 0 Å². The minimum absolute atomic E-state index is 0.108. The molecule has 2 N–H and O–H groups in total. The molecule has 0 aliphatic carbocycles. The third-order valence-electron chi connectivity index (χ3n) is 10.7. The molecule has 55 heavy (non-hydrogen) atoms. The summed E-state index contributed by atoms with van der Waals surface area (Å²) in [5, 5.41) is 11.8. The number of fused-ring (bicyclic) bond motifs is 8. The van der Waals surface area contributed by atoms with E-state index in [0.717, 1.165) is 77.7 Å². The monoisotopic (exact) mass is 710 g/mol. The fourth-order valence-electron chi connectivity index (χ4n) is 8.08. The first-order valence-electron chi connectivity index (χ1n) is 18.6. The second-order valence-electron chi connectivity index (χ2n) is 14.0. The lowest BCUT2D eigenvalue weighted by atomic mass is 10.0. The van der Waals surface area contributed by atoms with Gasteiger partial charge < -0.3 is 19.4 Å². The number of hydrogen-bond acceptors (Lipinski definition) is 5. The minimum Gasteiger partial charge on any atom is -0.449 e. The Kier molecular flexibility index (Phi) is 7.28. The molecule has 262 valence electrons. The number of rotatable bonds is 5. The second kappa shape index (κ2) is 12.8. The fraction of sp³-hybridized carbons (Fsp3) is 0.0408. The number of benzene rings is 8. The third kappa shape index (κ3) is 5.34. The molecule has 6 nitrogen and oxygen atoms in total. The minimum atomic E-state index is -0.202. The van der Waals surface area contributed by atoms with Crippen LogP contribution in [0.4, 0.5) is 0 Å². The van der Waals surface area contributed by atoms with Gasteiger partial charge in [0.25, 0.3) is 0 Å². The summed E-state index contributed by atoms with van der Waals surface area (Å²) in [4.78, 5) is 5.20. The summed E-state index contributed by atoms with van der Waals surface area (Å²) in [7, 11) is 0. The van der Waals surface area contributed by atoms with Gasteiger partial charge in [0.2, 0.25) is 0 Å². The Morgan fingerprint density at radius 3 is 2.02 bits per heavy atom. The first-order valence-corrected chi connectivity index (χ1v) is 18.6. The molecule has 3 heterocycles. The van der Waals surface area contributed by atoms with Crippen LogP contribution < -0.4 is 20.1 Å².